The van der Waals surface area contributed by atoms with Crippen LogP contribution in [0.2, 0.25) is 0 Å². The predicted molar refractivity (Wildman–Crippen MR) is 75.5 cm³/mol. The molecule has 2 saturated heterocycles. The van der Waals surface area contributed by atoms with Gasteiger partial charge < -0.3 is 19.8 Å². The van der Waals surface area contributed by atoms with Crippen molar-refractivity contribution in [1.82, 2.24) is 4.90 Å². The van der Waals surface area contributed by atoms with Crippen LogP contribution < -0.4 is 0 Å². The number of nitrogens with zero attached hydrogens (tertiary/aromatic N) is 1. The summed E-state index contributed by atoms with van der Waals surface area (Å²) in [7, 11) is 0. The summed E-state index contributed by atoms with van der Waals surface area (Å²) < 4.78 is 18.8. The van der Waals surface area contributed by atoms with Crippen LogP contribution in [0.5, 0.6) is 0 Å². The number of carbonyl (C=O) groups excluding carboxylic acids is 1. The third kappa shape index (κ3) is 3.41. The second-order valence-corrected chi connectivity index (χ2v) is 6.54. The fourth-order valence-corrected chi connectivity index (χ4v) is 3.30. The number of carbonyl (C=O) groups is 2. The standard InChI is InChI=1S/C15H24FNO5/c1-9-7-10(2)15(21,22-13(9)16)8-12(18)17-6-4-3-5-11(17)14(19)20/h9-11,13,21H,3-8H2,1-2H3,(H,19,20). The Morgan fingerprint density at radius 2 is 2.05 bits per heavy atom. The normalized spacial score (nSPS) is 39.5. The molecule has 2 rings (SSSR count). The molecule has 0 aromatic carbocycles. The summed E-state index contributed by atoms with van der Waals surface area (Å²) in [6.45, 7) is 3.74. The predicted octanol–water partition coefficient (Wildman–Crippen LogP) is 1.52. The summed E-state index contributed by atoms with van der Waals surface area (Å²) in [6.07, 6.45) is 0.261. The van der Waals surface area contributed by atoms with E-state index in [0.29, 0.717) is 19.4 Å². The molecule has 6 nitrogen and oxygen atoms in total. The van der Waals surface area contributed by atoms with E-state index in [2.05, 4.69) is 0 Å². The van der Waals surface area contributed by atoms with E-state index in [9.17, 15) is 24.2 Å². The van der Waals surface area contributed by atoms with Gasteiger partial charge >= 0.3 is 5.97 Å². The van der Waals surface area contributed by atoms with Crippen LogP contribution in [0.1, 0.15) is 46.0 Å². The molecule has 7 heteroatoms. The molecule has 2 aliphatic rings. The lowest BCUT2D eigenvalue weighted by molar-refractivity contribution is -0.319. The third-order valence-electron chi connectivity index (χ3n) is 4.77. The fourth-order valence-electron chi connectivity index (χ4n) is 3.30. The first-order chi connectivity index (χ1) is 10.2. The van der Waals surface area contributed by atoms with Crippen molar-refractivity contribution in [1.29, 1.82) is 0 Å². The Labute approximate surface area is 129 Å². The summed E-state index contributed by atoms with van der Waals surface area (Å²) in [5.74, 6) is -4.15. The molecule has 5 unspecified atom stereocenters. The Hall–Kier alpha value is -1.21. The SMILES string of the molecule is CC1CC(C)C(O)(CC(=O)N2CCCCC2C(=O)O)OC1F. The third-order valence-corrected chi connectivity index (χ3v) is 4.77. The highest BCUT2D eigenvalue weighted by Crippen LogP contribution is 2.38. The summed E-state index contributed by atoms with van der Waals surface area (Å²) in [5, 5.41) is 19.7. The van der Waals surface area contributed by atoms with E-state index in [1.165, 1.54) is 4.90 Å². The number of halogens is 1. The molecule has 5 atom stereocenters. The highest BCUT2D eigenvalue weighted by Gasteiger charge is 2.47. The number of carboxylic acids is 1. The molecule has 0 saturated carbocycles. The highest BCUT2D eigenvalue weighted by atomic mass is 19.1. The van der Waals surface area contributed by atoms with Crippen molar-refractivity contribution in [3.8, 4) is 0 Å². The van der Waals surface area contributed by atoms with Gasteiger partial charge in [0.05, 0.1) is 6.42 Å². The number of likely N-dealkylation sites (tertiary alicyclic amines) is 1. The van der Waals surface area contributed by atoms with Crippen LogP contribution in [0, 0.1) is 11.8 Å². The summed E-state index contributed by atoms with van der Waals surface area (Å²) >= 11 is 0. The van der Waals surface area contributed by atoms with Crippen molar-refractivity contribution in [2.75, 3.05) is 6.54 Å². The second-order valence-electron chi connectivity index (χ2n) is 6.54. The fraction of sp³-hybridized carbons (Fsp3) is 0.867. The molecule has 2 heterocycles. The van der Waals surface area contributed by atoms with Gasteiger partial charge in [-0.1, -0.05) is 13.8 Å². The van der Waals surface area contributed by atoms with Crippen LogP contribution in [-0.2, 0) is 14.3 Å². The van der Waals surface area contributed by atoms with Crippen molar-refractivity contribution < 1.29 is 28.9 Å². The number of rotatable bonds is 3. The molecule has 22 heavy (non-hydrogen) atoms. The molecule has 0 spiro atoms. The first-order valence-corrected chi connectivity index (χ1v) is 7.81. The number of carboxylic acid groups (broad SMARTS) is 1. The first kappa shape index (κ1) is 17.1. The lowest BCUT2D eigenvalue weighted by atomic mass is 9.85. The van der Waals surface area contributed by atoms with Gasteiger partial charge in [-0.25, -0.2) is 9.18 Å². The van der Waals surface area contributed by atoms with Crippen molar-refractivity contribution in [3.05, 3.63) is 0 Å². The second kappa shape index (κ2) is 6.50. The lowest BCUT2D eigenvalue weighted by Crippen LogP contribution is -2.54. The molecule has 2 aliphatic heterocycles. The molecule has 126 valence electrons. The molecule has 1 amide bonds. The molecule has 2 fully saturated rings. The van der Waals surface area contributed by atoms with Gasteiger partial charge in [0.2, 0.25) is 12.3 Å². The maximum Gasteiger partial charge on any atom is 0.326 e. The zero-order valence-corrected chi connectivity index (χ0v) is 13.0. The zero-order valence-electron chi connectivity index (χ0n) is 13.0. The average Bonchev–Trinajstić information content (AvgIpc) is 2.45. The van der Waals surface area contributed by atoms with Gasteiger partial charge in [-0.15, -0.1) is 0 Å². The van der Waals surface area contributed by atoms with E-state index in [1.54, 1.807) is 13.8 Å². The van der Waals surface area contributed by atoms with E-state index in [0.717, 1.165) is 12.8 Å². The monoisotopic (exact) mass is 317 g/mol. The van der Waals surface area contributed by atoms with Gasteiger partial charge in [0.25, 0.3) is 0 Å². The van der Waals surface area contributed by atoms with Gasteiger partial charge in [0.15, 0.2) is 5.79 Å². The van der Waals surface area contributed by atoms with E-state index in [4.69, 9.17) is 4.74 Å². The molecular formula is C15H24FNO5. The van der Waals surface area contributed by atoms with Crippen LogP contribution in [0.15, 0.2) is 0 Å². The topological polar surface area (TPSA) is 87.1 Å². The summed E-state index contributed by atoms with van der Waals surface area (Å²) in [6, 6.07) is -0.871. The van der Waals surface area contributed by atoms with Gasteiger partial charge in [0, 0.05) is 18.4 Å². The number of aliphatic hydroxyl groups is 1. The molecule has 0 aromatic heterocycles. The maximum absolute atomic E-state index is 13.7. The maximum atomic E-state index is 13.7. The van der Waals surface area contributed by atoms with Crippen molar-refractivity contribution in [2.45, 2.75) is 64.1 Å². The molecule has 0 bridgehead atoms. The van der Waals surface area contributed by atoms with Crippen LogP contribution in [0.4, 0.5) is 4.39 Å². The number of aliphatic carboxylic acids is 1. The van der Waals surface area contributed by atoms with Crippen molar-refractivity contribution >= 4 is 11.9 Å². The van der Waals surface area contributed by atoms with Gasteiger partial charge in [0.1, 0.15) is 6.04 Å². The number of amides is 1. The van der Waals surface area contributed by atoms with Crippen molar-refractivity contribution in [2.24, 2.45) is 11.8 Å². The minimum Gasteiger partial charge on any atom is -0.480 e. The average molecular weight is 317 g/mol. The van der Waals surface area contributed by atoms with Crippen LogP contribution in [-0.4, -0.2) is 51.7 Å². The molecule has 2 N–H and O–H groups in total. The molecular weight excluding hydrogens is 293 g/mol. The number of ether oxygens (including phenoxy) is 1. The highest BCUT2D eigenvalue weighted by molar-refractivity contribution is 5.84. The number of hydrogen-bond acceptors (Lipinski definition) is 4. The summed E-state index contributed by atoms with van der Waals surface area (Å²) in [4.78, 5) is 24.9. The smallest absolute Gasteiger partial charge is 0.326 e. The Kier molecular flexibility index (Phi) is 5.07. The van der Waals surface area contributed by atoms with Gasteiger partial charge in [-0.05, 0) is 25.7 Å². The Bertz CT molecular complexity index is 446. The van der Waals surface area contributed by atoms with E-state index in [1.807, 2.05) is 0 Å². The van der Waals surface area contributed by atoms with Gasteiger partial charge in [-0.3, -0.25) is 4.79 Å². The Balaban J connectivity index is 2.08. The van der Waals surface area contributed by atoms with Crippen molar-refractivity contribution in [3.63, 3.8) is 0 Å². The first-order valence-electron chi connectivity index (χ1n) is 7.81. The molecule has 0 aromatic rings. The van der Waals surface area contributed by atoms with E-state index < -0.39 is 42.4 Å². The van der Waals surface area contributed by atoms with E-state index in [-0.39, 0.29) is 5.92 Å². The zero-order chi connectivity index (χ0) is 16.5. The van der Waals surface area contributed by atoms with Gasteiger partial charge in [-0.2, -0.15) is 0 Å². The summed E-state index contributed by atoms with van der Waals surface area (Å²) in [5.41, 5.74) is 0. The largest absolute Gasteiger partial charge is 0.480 e. The minimum absolute atomic E-state index is 0.341. The Morgan fingerprint density at radius 1 is 1.36 bits per heavy atom. The van der Waals surface area contributed by atoms with Crippen LogP contribution in [0.25, 0.3) is 0 Å². The van der Waals surface area contributed by atoms with Crippen LogP contribution in [0.3, 0.4) is 0 Å². The quantitative estimate of drug-likeness (QED) is 0.824. The van der Waals surface area contributed by atoms with Crippen LogP contribution >= 0.6 is 0 Å². The molecule has 0 radical (unpaired) electrons. The minimum atomic E-state index is -1.87. The number of hydrogen-bond donors (Lipinski definition) is 2. The van der Waals surface area contributed by atoms with E-state index >= 15 is 0 Å². The lowest BCUT2D eigenvalue weighted by Gasteiger charge is -2.43. The Morgan fingerprint density at radius 3 is 2.68 bits per heavy atom. The molecule has 0 aliphatic carbocycles. The number of alkyl halides is 1. The number of piperidine rings is 1.